The fourth-order valence-corrected chi connectivity index (χ4v) is 1.38. The number of hydrogen-bond donors (Lipinski definition) is 1. The second kappa shape index (κ2) is 4.78. The fourth-order valence-electron chi connectivity index (χ4n) is 1.38. The van der Waals surface area contributed by atoms with E-state index in [0.29, 0.717) is 0 Å². The molecule has 1 amide bonds. The van der Waals surface area contributed by atoms with Gasteiger partial charge in [-0.3, -0.25) is 4.79 Å². The highest BCUT2D eigenvalue weighted by atomic mass is 16.1. The monoisotopic (exact) mass is 203 g/mol. The van der Waals surface area contributed by atoms with Crippen molar-refractivity contribution in [2.75, 3.05) is 0 Å². The lowest BCUT2D eigenvalue weighted by Crippen LogP contribution is -2.18. The first-order chi connectivity index (χ1) is 7.00. The van der Waals surface area contributed by atoms with Gasteiger partial charge in [0.05, 0.1) is 5.92 Å². The molecule has 2 N–H and O–H groups in total. The summed E-state index contributed by atoms with van der Waals surface area (Å²) in [5.74, 6) is -0.504. The molecule has 0 spiro atoms. The Bertz CT molecular complexity index is 372. The van der Waals surface area contributed by atoms with E-state index in [1.54, 1.807) is 0 Å². The quantitative estimate of drug-likeness (QED) is 0.806. The number of nitrogens with two attached hydrogens (primary N) is 1. The summed E-state index contributed by atoms with van der Waals surface area (Å²) in [6.07, 6.45) is 2.10. The van der Waals surface area contributed by atoms with Crippen molar-refractivity contribution >= 4 is 12.0 Å². The van der Waals surface area contributed by atoms with Crippen LogP contribution < -0.4 is 5.73 Å². The first-order valence-corrected chi connectivity index (χ1v) is 5.05. The van der Waals surface area contributed by atoms with Gasteiger partial charge in [0.1, 0.15) is 0 Å². The molecule has 0 saturated heterocycles. The van der Waals surface area contributed by atoms with E-state index in [1.807, 2.05) is 31.2 Å². The molecular formula is C13H17NO. The summed E-state index contributed by atoms with van der Waals surface area (Å²) in [5.41, 5.74) is 8.61. The lowest BCUT2D eigenvalue weighted by atomic mass is 9.99. The third-order valence-electron chi connectivity index (χ3n) is 2.32. The van der Waals surface area contributed by atoms with Crippen molar-refractivity contribution < 1.29 is 4.79 Å². The average molecular weight is 203 g/mol. The van der Waals surface area contributed by atoms with Crippen LogP contribution in [0.15, 0.2) is 29.8 Å². The van der Waals surface area contributed by atoms with Gasteiger partial charge in [-0.25, -0.2) is 0 Å². The van der Waals surface area contributed by atoms with Crippen LogP contribution in [-0.2, 0) is 4.79 Å². The maximum absolute atomic E-state index is 11.0. The van der Waals surface area contributed by atoms with Crippen molar-refractivity contribution in [3.8, 4) is 0 Å². The highest BCUT2D eigenvalue weighted by Crippen LogP contribution is 2.16. The summed E-state index contributed by atoms with van der Waals surface area (Å²) >= 11 is 0. The topological polar surface area (TPSA) is 43.1 Å². The Morgan fingerprint density at radius 2 is 1.80 bits per heavy atom. The van der Waals surface area contributed by atoms with Crippen LogP contribution in [0.1, 0.15) is 37.8 Å². The molecule has 1 aromatic rings. The summed E-state index contributed by atoms with van der Waals surface area (Å²) < 4.78 is 0. The van der Waals surface area contributed by atoms with Crippen molar-refractivity contribution in [1.82, 2.24) is 0 Å². The molecular weight excluding hydrogens is 186 g/mol. The van der Waals surface area contributed by atoms with Gasteiger partial charge in [0.25, 0.3) is 0 Å². The molecule has 0 aromatic heterocycles. The van der Waals surface area contributed by atoms with E-state index in [0.717, 1.165) is 11.1 Å². The van der Waals surface area contributed by atoms with Gasteiger partial charge in [0.15, 0.2) is 0 Å². The fraction of sp³-hybridized carbons (Fsp3) is 0.308. The number of carbonyl (C=O) groups excluding carboxylic acids is 1. The molecule has 2 heteroatoms. The van der Waals surface area contributed by atoms with Gasteiger partial charge in [-0.15, -0.1) is 0 Å². The molecule has 80 valence electrons. The zero-order valence-electron chi connectivity index (χ0n) is 9.45. The third kappa shape index (κ3) is 3.24. The number of carbonyl (C=O) groups is 1. The molecule has 1 unspecified atom stereocenters. The molecule has 1 atom stereocenters. The molecule has 1 rings (SSSR count). The number of primary amides is 1. The largest absolute Gasteiger partial charge is 0.369 e. The first-order valence-electron chi connectivity index (χ1n) is 5.05. The van der Waals surface area contributed by atoms with E-state index in [4.69, 9.17) is 5.73 Å². The van der Waals surface area contributed by atoms with Crippen LogP contribution in [0.4, 0.5) is 0 Å². The molecule has 0 aliphatic rings. The number of allylic oxidation sites excluding steroid dienone is 1. The van der Waals surface area contributed by atoms with Crippen molar-refractivity contribution in [3.05, 3.63) is 41.0 Å². The van der Waals surface area contributed by atoms with Crippen LogP contribution in [0, 0.1) is 0 Å². The summed E-state index contributed by atoms with van der Waals surface area (Å²) in [4.78, 5) is 11.0. The lowest BCUT2D eigenvalue weighted by Gasteiger charge is -2.07. The van der Waals surface area contributed by atoms with Crippen LogP contribution in [-0.4, -0.2) is 5.91 Å². The minimum atomic E-state index is -0.287. The maximum Gasteiger partial charge on any atom is 0.224 e. The Kier molecular flexibility index (Phi) is 3.67. The van der Waals surface area contributed by atoms with Crippen LogP contribution in [0.5, 0.6) is 0 Å². The predicted octanol–water partition coefficient (Wildman–Crippen LogP) is 2.70. The first kappa shape index (κ1) is 11.5. The minimum absolute atomic E-state index is 0.217. The molecule has 0 heterocycles. The highest BCUT2D eigenvalue weighted by Gasteiger charge is 2.10. The average Bonchev–Trinajstić information content (AvgIpc) is 2.17. The van der Waals surface area contributed by atoms with E-state index in [-0.39, 0.29) is 11.8 Å². The Hall–Kier alpha value is -1.57. The normalized spacial score (nSPS) is 11.9. The molecule has 0 radical (unpaired) electrons. The molecule has 0 fully saturated rings. The van der Waals surface area contributed by atoms with Gasteiger partial charge < -0.3 is 5.73 Å². The summed E-state index contributed by atoms with van der Waals surface area (Å²) in [5, 5.41) is 0. The second-order valence-corrected chi connectivity index (χ2v) is 4.01. The van der Waals surface area contributed by atoms with E-state index < -0.39 is 0 Å². The van der Waals surface area contributed by atoms with Crippen LogP contribution in [0.2, 0.25) is 0 Å². The highest BCUT2D eigenvalue weighted by molar-refractivity contribution is 5.81. The lowest BCUT2D eigenvalue weighted by molar-refractivity contribution is -0.119. The summed E-state index contributed by atoms with van der Waals surface area (Å²) in [6, 6.07) is 7.90. The van der Waals surface area contributed by atoms with E-state index in [1.165, 1.54) is 5.57 Å². The molecule has 0 bridgehead atoms. The molecule has 2 nitrogen and oxygen atoms in total. The predicted molar refractivity (Wildman–Crippen MR) is 63.4 cm³/mol. The van der Waals surface area contributed by atoms with Gasteiger partial charge >= 0.3 is 0 Å². The molecule has 1 aromatic carbocycles. The van der Waals surface area contributed by atoms with Gasteiger partial charge in [0.2, 0.25) is 5.91 Å². The molecule has 0 aliphatic carbocycles. The Balaban J connectivity index is 2.90. The maximum atomic E-state index is 11.0. The summed E-state index contributed by atoms with van der Waals surface area (Å²) in [6.45, 7) is 5.93. The van der Waals surface area contributed by atoms with Gasteiger partial charge in [-0.1, -0.05) is 35.9 Å². The Morgan fingerprint density at radius 3 is 2.20 bits per heavy atom. The van der Waals surface area contributed by atoms with Crippen LogP contribution >= 0.6 is 0 Å². The smallest absolute Gasteiger partial charge is 0.224 e. The molecule has 0 aliphatic heterocycles. The van der Waals surface area contributed by atoms with E-state index >= 15 is 0 Å². The number of rotatable bonds is 3. The van der Waals surface area contributed by atoms with Gasteiger partial charge in [-0.05, 0) is 31.9 Å². The minimum Gasteiger partial charge on any atom is -0.369 e. The van der Waals surface area contributed by atoms with Gasteiger partial charge in [0, 0.05) is 0 Å². The zero-order valence-corrected chi connectivity index (χ0v) is 9.45. The van der Waals surface area contributed by atoms with Crippen molar-refractivity contribution in [2.24, 2.45) is 5.73 Å². The number of hydrogen-bond acceptors (Lipinski definition) is 1. The summed E-state index contributed by atoms with van der Waals surface area (Å²) in [7, 11) is 0. The third-order valence-corrected chi connectivity index (χ3v) is 2.32. The zero-order chi connectivity index (χ0) is 11.4. The standard InChI is InChI=1S/C13H17NO/c1-9(2)8-11-4-6-12(7-5-11)10(3)13(14)15/h4-8,10H,1-3H3,(H2,14,15). The van der Waals surface area contributed by atoms with E-state index in [2.05, 4.69) is 19.9 Å². The van der Waals surface area contributed by atoms with Crippen LogP contribution in [0.25, 0.3) is 6.08 Å². The van der Waals surface area contributed by atoms with Crippen LogP contribution in [0.3, 0.4) is 0 Å². The molecule has 15 heavy (non-hydrogen) atoms. The van der Waals surface area contributed by atoms with Crippen molar-refractivity contribution in [1.29, 1.82) is 0 Å². The van der Waals surface area contributed by atoms with Crippen molar-refractivity contribution in [3.63, 3.8) is 0 Å². The van der Waals surface area contributed by atoms with Gasteiger partial charge in [-0.2, -0.15) is 0 Å². The SMILES string of the molecule is CC(C)=Cc1ccc(C(C)C(N)=O)cc1. The van der Waals surface area contributed by atoms with Crippen molar-refractivity contribution in [2.45, 2.75) is 26.7 Å². The molecule has 0 saturated carbocycles. The Morgan fingerprint density at radius 1 is 1.27 bits per heavy atom. The second-order valence-electron chi connectivity index (χ2n) is 4.01. The number of benzene rings is 1. The van der Waals surface area contributed by atoms with E-state index in [9.17, 15) is 4.79 Å². The Labute approximate surface area is 90.8 Å². The number of amides is 1.